The lowest BCUT2D eigenvalue weighted by atomic mass is 9.98. The van der Waals surface area contributed by atoms with Crippen molar-refractivity contribution in [2.45, 2.75) is 64.5 Å². The van der Waals surface area contributed by atoms with Crippen molar-refractivity contribution in [2.75, 3.05) is 5.32 Å². The first-order valence-electron chi connectivity index (χ1n) is 10.3. The zero-order valence-electron chi connectivity index (χ0n) is 17.0. The molecule has 0 bridgehead atoms. The summed E-state index contributed by atoms with van der Waals surface area (Å²) in [5.74, 6) is -0.426. The van der Waals surface area contributed by atoms with Crippen molar-refractivity contribution in [3.63, 3.8) is 0 Å². The van der Waals surface area contributed by atoms with E-state index in [1.807, 2.05) is 56.3 Å². The number of halogens is 1. The average molecular weight is 438 g/mol. The summed E-state index contributed by atoms with van der Waals surface area (Å²) < 4.78 is 23.3. The van der Waals surface area contributed by atoms with Crippen molar-refractivity contribution in [1.29, 1.82) is 0 Å². The van der Waals surface area contributed by atoms with Crippen LogP contribution in [-0.2, 0) is 18.4 Å². The number of anilines is 1. The monoisotopic (exact) mass is 437 g/mol. The van der Waals surface area contributed by atoms with Crippen LogP contribution in [0.25, 0.3) is 10.8 Å². The fourth-order valence-electron chi connectivity index (χ4n) is 3.77. The van der Waals surface area contributed by atoms with E-state index in [0.717, 1.165) is 48.6 Å². The third kappa shape index (κ3) is 6.47. The van der Waals surface area contributed by atoms with Gasteiger partial charge in [-0.3, -0.25) is 4.52 Å². The van der Waals surface area contributed by atoms with Gasteiger partial charge in [0.1, 0.15) is 6.04 Å². The Morgan fingerprint density at radius 2 is 1.83 bits per heavy atom. The third-order valence-corrected chi connectivity index (χ3v) is 6.53. The summed E-state index contributed by atoms with van der Waals surface area (Å²) in [4.78, 5) is 12.9. The molecule has 158 valence electrons. The van der Waals surface area contributed by atoms with Gasteiger partial charge >= 0.3 is 12.9 Å². The maximum Gasteiger partial charge on any atom is 0.479 e. The third-order valence-electron chi connectivity index (χ3n) is 5.14. The number of hydrogen-bond acceptors (Lipinski definition) is 5. The number of carbonyl (C=O) groups excluding carboxylic acids is 1. The molecule has 2 atom stereocenters. The molecule has 5 nitrogen and oxygen atoms in total. The first kappa shape index (κ1) is 22.1. The molecule has 1 N–H and O–H groups in total. The second kappa shape index (κ2) is 9.97. The van der Waals surface area contributed by atoms with Crippen molar-refractivity contribution in [2.24, 2.45) is 5.92 Å². The Kier molecular flexibility index (Phi) is 7.61. The molecule has 1 fully saturated rings. The fraction of sp³-hybridized carbons (Fsp3) is 0.500. The molecule has 1 unspecified atom stereocenters. The number of hydrogen-bond donors (Lipinski definition) is 1. The predicted octanol–water partition coefficient (Wildman–Crippen LogP) is 6.91. The van der Waals surface area contributed by atoms with Crippen molar-refractivity contribution in [3.8, 4) is 0 Å². The van der Waals surface area contributed by atoms with E-state index in [2.05, 4.69) is 5.32 Å². The van der Waals surface area contributed by atoms with Crippen LogP contribution in [0.5, 0.6) is 0 Å². The maximum absolute atomic E-state index is 12.9. The number of carbonyl (C=O) groups is 1. The van der Waals surface area contributed by atoms with Gasteiger partial charge in [0, 0.05) is 22.3 Å². The Hall–Kier alpha value is -1.55. The minimum absolute atomic E-state index is 0.213. The highest BCUT2D eigenvalue weighted by Gasteiger charge is 2.34. The molecule has 29 heavy (non-hydrogen) atoms. The number of nitrogens with one attached hydrogen (secondary N) is 1. The second-order valence-corrected chi connectivity index (χ2v) is 10.6. The summed E-state index contributed by atoms with van der Waals surface area (Å²) in [7, 11) is 0. The van der Waals surface area contributed by atoms with Gasteiger partial charge in [0.25, 0.3) is 0 Å². The lowest BCUT2D eigenvalue weighted by molar-refractivity contribution is -0.136. The molecular weight excluding hydrogens is 409 g/mol. The van der Waals surface area contributed by atoms with Crippen LogP contribution in [0.15, 0.2) is 42.5 Å². The highest BCUT2D eigenvalue weighted by molar-refractivity contribution is 7.81. The maximum atomic E-state index is 12.9. The first-order valence-corrected chi connectivity index (χ1v) is 12.7. The van der Waals surface area contributed by atoms with Crippen LogP contribution >= 0.6 is 18.2 Å². The quantitative estimate of drug-likeness (QED) is 0.455. The molecule has 1 aliphatic rings. The standard InChI is InChI=1S/C22H29ClNO4P/c1-16(2)15-21(24-20-14-8-10-17-9-6-7-13-19(17)20)22(25)28-29(23,26)27-18-11-4-3-5-12-18/h6-10,13-14,16,18,21,24H,3-5,11-12,15H2,1-2H3/t21-,29?/m0/s1. The molecule has 2 aromatic rings. The van der Waals surface area contributed by atoms with E-state index in [1.54, 1.807) is 0 Å². The minimum atomic E-state index is -3.98. The molecule has 0 amide bonds. The molecule has 0 saturated heterocycles. The lowest BCUT2D eigenvalue weighted by Crippen LogP contribution is -2.32. The molecule has 3 rings (SSSR count). The number of fused-ring (bicyclic) bond motifs is 1. The van der Waals surface area contributed by atoms with Crippen molar-refractivity contribution >= 4 is 40.6 Å². The van der Waals surface area contributed by atoms with Gasteiger partial charge in [0.2, 0.25) is 0 Å². The predicted molar refractivity (Wildman–Crippen MR) is 118 cm³/mol. The summed E-state index contributed by atoms with van der Waals surface area (Å²) >= 11 is 6.01. The molecule has 0 heterocycles. The van der Waals surface area contributed by atoms with Crippen LogP contribution in [0.3, 0.4) is 0 Å². The summed E-state index contributed by atoms with van der Waals surface area (Å²) in [6.07, 6.45) is 5.03. The Labute approximate surface area is 177 Å². The Bertz CT molecular complexity index is 877. The second-order valence-electron chi connectivity index (χ2n) is 8.06. The first-order chi connectivity index (χ1) is 13.8. The number of benzene rings is 2. The SMILES string of the molecule is CC(C)C[C@H](Nc1cccc2ccccc12)C(=O)OP(=O)(Cl)OC1CCCCC1. The molecule has 1 aliphatic carbocycles. The Balaban J connectivity index is 1.73. The van der Waals surface area contributed by atoms with E-state index in [-0.39, 0.29) is 12.0 Å². The molecule has 1 saturated carbocycles. The zero-order chi connectivity index (χ0) is 20.9. The van der Waals surface area contributed by atoms with Gasteiger partial charge in [-0.2, -0.15) is 0 Å². The highest BCUT2D eigenvalue weighted by Crippen LogP contribution is 2.56. The molecule has 2 aromatic carbocycles. The normalized spacial score (nSPS) is 18.3. The lowest BCUT2D eigenvalue weighted by Gasteiger charge is -2.26. The van der Waals surface area contributed by atoms with E-state index < -0.39 is 19.0 Å². The summed E-state index contributed by atoms with van der Waals surface area (Å²) in [5, 5.41) is 5.34. The van der Waals surface area contributed by atoms with Crippen LogP contribution in [0.4, 0.5) is 5.69 Å². The molecule has 0 aromatic heterocycles. The van der Waals surface area contributed by atoms with Crippen molar-refractivity contribution < 1.29 is 18.4 Å². The van der Waals surface area contributed by atoms with Gasteiger partial charge in [-0.05, 0) is 36.6 Å². The fourth-order valence-corrected chi connectivity index (χ4v) is 5.26. The Morgan fingerprint density at radius 3 is 2.55 bits per heavy atom. The summed E-state index contributed by atoms with van der Waals surface area (Å²) in [6.45, 7) is 0.0509. The summed E-state index contributed by atoms with van der Waals surface area (Å²) in [5.41, 5.74) is 0.823. The number of rotatable bonds is 8. The molecular formula is C22H29ClNO4P. The van der Waals surface area contributed by atoms with E-state index >= 15 is 0 Å². The van der Waals surface area contributed by atoms with E-state index in [1.165, 1.54) is 0 Å². The van der Waals surface area contributed by atoms with Gasteiger partial charge in [-0.15, -0.1) is 0 Å². The van der Waals surface area contributed by atoms with Crippen LogP contribution in [0.1, 0.15) is 52.4 Å². The molecule has 0 aliphatic heterocycles. The van der Waals surface area contributed by atoms with E-state index in [9.17, 15) is 9.36 Å². The van der Waals surface area contributed by atoms with Crippen LogP contribution in [-0.4, -0.2) is 18.1 Å². The van der Waals surface area contributed by atoms with Gasteiger partial charge in [0.15, 0.2) is 0 Å². The molecule has 0 radical (unpaired) electrons. The van der Waals surface area contributed by atoms with Crippen LogP contribution in [0.2, 0.25) is 0 Å². The summed E-state index contributed by atoms with van der Waals surface area (Å²) in [6, 6.07) is 13.1. The molecule has 7 heteroatoms. The van der Waals surface area contributed by atoms with Crippen molar-refractivity contribution in [1.82, 2.24) is 0 Å². The van der Waals surface area contributed by atoms with Gasteiger partial charge in [-0.25, -0.2) is 9.36 Å². The van der Waals surface area contributed by atoms with Crippen LogP contribution in [0, 0.1) is 5.92 Å². The minimum Gasteiger partial charge on any atom is -0.379 e. The van der Waals surface area contributed by atoms with Gasteiger partial charge in [-0.1, -0.05) is 69.5 Å². The average Bonchev–Trinajstić information content (AvgIpc) is 2.67. The van der Waals surface area contributed by atoms with Crippen LogP contribution < -0.4 is 5.32 Å². The zero-order valence-corrected chi connectivity index (χ0v) is 18.6. The van der Waals surface area contributed by atoms with E-state index in [0.29, 0.717) is 6.42 Å². The topological polar surface area (TPSA) is 64.6 Å². The highest BCUT2D eigenvalue weighted by atomic mass is 35.7. The largest absolute Gasteiger partial charge is 0.479 e. The van der Waals surface area contributed by atoms with Gasteiger partial charge in [0.05, 0.1) is 6.10 Å². The smallest absolute Gasteiger partial charge is 0.379 e. The van der Waals surface area contributed by atoms with E-state index in [4.69, 9.17) is 20.3 Å². The Morgan fingerprint density at radius 1 is 1.14 bits per heavy atom. The van der Waals surface area contributed by atoms with Crippen molar-refractivity contribution in [3.05, 3.63) is 42.5 Å². The van der Waals surface area contributed by atoms with Gasteiger partial charge < -0.3 is 9.84 Å². The molecule has 0 spiro atoms.